The number of allylic oxidation sites excluding steroid dienone is 1. The Morgan fingerprint density at radius 1 is 1.00 bits per heavy atom. The van der Waals surface area contributed by atoms with Crippen LogP contribution < -0.4 is 10.6 Å². The Balaban J connectivity index is 2.45. The maximum absolute atomic E-state index is 12.4. The van der Waals surface area contributed by atoms with Crippen LogP contribution in [0.1, 0.15) is 97.0 Å². The van der Waals surface area contributed by atoms with Gasteiger partial charge in [0.2, 0.25) is 11.8 Å². The van der Waals surface area contributed by atoms with Crippen LogP contribution >= 0.6 is 0 Å². The van der Waals surface area contributed by atoms with Crippen LogP contribution in [0.25, 0.3) is 5.57 Å². The minimum absolute atomic E-state index is 0.0260. The van der Waals surface area contributed by atoms with Crippen LogP contribution in [0.2, 0.25) is 0 Å². The molecule has 1 aromatic carbocycles. The molecule has 0 aliphatic carbocycles. The van der Waals surface area contributed by atoms with Crippen molar-refractivity contribution in [1.82, 2.24) is 5.32 Å². The SMILES string of the molecule is CCCCCCCCCC(C)NC(=O)C=C(C)c1cccc(NC(=O)CCCC(=O)O)c1. The van der Waals surface area contributed by atoms with Gasteiger partial charge in [0.25, 0.3) is 0 Å². The van der Waals surface area contributed by atoms with Crippen molar-refractivity contribution in [3.8, 4) is 0 Å². The first-order chi connectivity index (χ1) is 15.3. The third-order valence-electron chi connectivity index (χ3n) is 5.37. The van der Waals surface area contributed by atoms with Crippen molar-refractivity contribution in [2.75, 3.05) is 5.32 Å². The van der Waals surface area contributed by atoms with Gasteiger partial charge in [0.1, 0.15) is 0 Å². The number of hydrogen-bond donors (Lipinski definition) is 3. The standard InChI is InChI=1S/C26H40N2O4/c1-4-5-6-7-8-9-10-13-21(3)27-25(30)18-20(2)22-14-11-15-23(19-22)28-24(29)16-12-17-26(31)32/h11,14-15,18-19,21H,4-10,12-13,16-17H2,1-3H3,(H,27,30)(H,28,29)(H,31,32). The number of benzene rings is 1. The Labute approximate surface area is 192 Å². The molecule has 6 nitrogen and oxygen atoms in total. The van der Waals surface area contributed by atoms with E-state index in [4.69, 9.17) is 5.11 Å². The van der Waals surface area contributed by atoms with Crippen molar-refractivity contribution in [2.45, 2.75) is 97.4 Å². The molecule has 2 amide bonds. The van der Waals surface area contributed by atoms with Crippen molar-refractivity contribution in [3.63, 3.8) is 0 Å². The van der Waals surface area contributed by atoms with Crippen LogP contribution in [0.3, 0.4) is 0 Å². The minimum Gasteiger partial charge on any atom is -0.481 e. The molecule has 0 spiro atoms. The van der Waals surface area contributed by atoms with Crippen molar-refractivity contribution < 1.29 is 19.5 Å². The Morgan fingerprint density at radius 2 is 1.69 bits per heavy atom. The number of unbranched alkanes of at least 4 members (excludes halogenated alkanes) is 6. The van der Waals surface area contributed by atoms with Gasteiger partial charge in [-0.15, -0.1) is 0 Å². The lowest BCUT2D eigenvalue weighted by Crippen LogP contribution is -2.31. The molecule has 1 rings (SSSR count). The average molecular weight is 445 g/mol. The Hall–Kier alpha value is -2.63. The Kier molecular flexibility index (Phi) is 13.8. The predicted molar refractivity (Wildman–Crippen MR) is 130 cm³/mol. The third kappa shape index (κ3) is 12.9. The predicted octanol–water partition coefficient (Wildman–Crippen LogP) is 5.93. The summed E-state index contributed by atoms with van der Waals surface area (Å²) in [5.41, 5.74) is 2.29. The van der Waals surface area contributed by atoms with E-state index in [1.165, 1.54) is 38.5 Å². The lowest BCUT2D eigenvalue weighted by Gasteiger charge is -2.13. The second kappa shape index (κ2) is 16.1. The average Bonchev–Trinajstić information content (AvgIpc) is 2.72. The molecular formula is C26H40N2O4. The summed E-state index contributed by atoms with van der Waals surface area (Å²) in [5, 5.41) is 14.5. The van der Waals surface area contributed by atoms with E-state index in [1.54, 1.807) is 12.1 Å². The highest BCUT2D eigenvalue weighted by Gasteiger charge is 2.08. The van der Waals surface area contributed by atoms with Crippen molar-refractivity contribution >= 4 is 29.0 Å². The third-order valence-corrected chi connectivity index (χ3v) is 5.37. The maximum atomic E-state index is 12.4. The maximum Gasteiger partial charge on any atom is 0.303 e. The normalized spacial score (nSPS) is 12.3. The highest BCUT2D eigenvalue weighted by molar-refractivity contribution is 5.96. The number of carboxylic acid groups (broad SMARTS) is 1. The molecule has 0 saturated carbocycles. The highest BCUT2D eigenvalue weighted by Crippen LogP contribution is 2.19. The molecule has 0 aliphatic heterocycles. The van der Waals surface area contributed by atoms with Gasteiger partial charge >= 0.3 is 5.97 Å². The number of carbonyl (C=O) groups excluding carboxylic acids is 2. The van der Waals surface area contributed by atoms with Gasteiger partial charge in [0, 0.05) is 30.6 Å². The smallest absolute Gasteiger partial charge is 0.303 e. The topological polar surface area (TPSA) is 95.5 Å². The fraction of sp³-hybridized carbons (Fsp3) is 0.577. The molecule has 3 N–H and O–H groups in total. The number of rotatable bonds is 16. The van der Waals surface area contributed by atoms with Gasteiger partial charge in [0.05, 0.1) is 0 Å². The lowest BCUT2D eigenvalue weighted by molar-refractivity contribution is -0.137. The molecule has 0 fully saturated rings. The molecule has 0 aliphatic rings. The fourth-order valence-corrected chi connectivity index (χ4v) is 3.51. The molecule has 6 heteroatoms. The summed E-state index contributed by atoms with van der Waals surface area (Å²) in [7, 11) is 0. The molecule has 0 radical (unpaired) electrons. The van der Waals surface area contributed by atoms with Crippen LogP contribution in [0.5, 0.6) is 0 Å². The Morgan fingerprint density at radius 3 is 2.38 bits per heavy atom. The molecule has 0 aromatic heterocycles. The van der Waals surface area contributed by atoms with E-state index in [2.05, 4.69) is 17.6 Å². The number of amides is 2. The summed E-state index contributed by atoms with van der Waals surface area (Å²) in [5.74, 6) is -1.24. The number of aliphatic carboxylic acids is 1. The molecular weight excluding hydrogens is 404 g/mol. The molecule has 1 unspecified atom stereocenters. The first-order valence-electron chi connectivity index (χ1n) is 11.9. The summed E-state index contributed by atoms with van der Waals surface area (Å²) in [6.07, 6.45) is 11.8. The van der Waals surface area contributed by atoms with Crippen LogP contribution in [0.15, 0.2) is 30.3 Å². The second-order valence-electron chi connectivity index (χ2n) is 8.52. The van der Waals surface area contributed by atoms with Gasteiger partial charge in [-0.05, 0) is 50.0 Å². The summed E-state index contributed by atoms with van der Waals surface area (Å²) < 4.78 is 0. The second-order valence-corrected chi connectivity index (χ2v) is 8.52. The molecule has 0 saturated heterocycles. The van der Waals surface area contributed by atoms with Gasteiger partial charge in [-0.3, -0.25) is 14.4 Å². The van der Waals surface area contributed by atoms with Crippen molar-refractivity contribution in [2.24, 2.45) is 0 Å². The first kappa shape index (κ1) is 27.4. The lowest BCUT2D eigenvalue weighted by atomic mass is 10.0. The zero-order valence-electron chi connectivity index (χ0n) is 19.9. The van der Waals surface area contributed by atoms with Crippen molar-refractivity contribution in [3.05, 3.63) is 35.9 Å². The molecule has 32 heavy (non-hydrogen) atoms. The van der Waals surface area contributed by atoms with Crippen LogP contribution in [-0.2, 0) is 14.4 Å². The van der Waals surface area contributed by atoms with E-state index < -0.39 is 5.97 Å². The highest BCUT2D eigenvalue weighted by atomic mass is 16.4. The van der Waals surface area contributed by atoms with Crippen LogP contribution in [-0.4, -0.2) is 28.9 Å². The van der Waals surface area contributed by atoms with E-state index in [-0.39, 0.29) is 30.7 Å². The van der Waals surface area contributed by atoms with Crippen LogP contribution in [0, 0.1) is 0 Å². The van der Waals surface area contributed by atoms with Gasteiger partial charge in [-0.25, -0.2) is 0 Å². The van der Waals surface area contributed by atoms with E-state index in [9.17, 15) is 14.4 Å². The zero-order chi connectivity index (χ0) is 23.8. The summed E-state index contributed by atoms with van der Waals surface area (Å²) >= 11 is 0. The van der Waals surface area contributed by atoms with Gasteiger partial charge in [-0.2, -0.15) is 0 Å². The molecule has 1 atom stereocenters. The zero-order valence-corrected chi connectivity index (χ0v) is 19.9. The van der Waals surface area contributed by atoms with E-state index in [0.717, 1.165) is 24.0 Å². The number of hydrogen-bond acceptors (Lipinski definition) is 3. The molecule has 0 heterocycles. The summed E-state index contributed by atoms with van der Waals surface area (Å²) in [6, 6.07) is 7.44. The van der Waals surface area contributed by atoms with Gasteiger partial charge in [-0.1, -0.05) is 64.0 Å². The van der Waals surface area contributed by atoms with Gasteiger partial charge < -0.3 is 15.7 Å². The molecule has 0 bridgehead atoms. The number of carboxylic acids is 1. The van der Waals surface area contributed by atoms with E-state index >= 15 is 0 Å². The Bertz CT molecular complexity index is 758. The van der Waals surface area contributed by atoms with E-state index in [0.29, 0.717) is 12.1 Å². The largest absolute Gasteiger partial charge is 0.481 e. The quantitative estimate of drug-likeness (QED) is 0.217. The van der Waals surface area contributed by atoms with Crippen molar-refractivity contribution in [1.29, 1.82) is 0 Å². The minimum atomic E-state index is -0.907. The number of carbonyl (C=O) groups is 3. The van der Waals surface area contributed by atoms with Crippen LogP contribution in [0.4, 0.5) is 5.69 Å². The number of anilines is 1. The fourth-order valence-electron chi connectivity index (χ4n) is 3.51. The molecule has 178 valence electrons. The first-order valence-corrected chi connectivity index (χ1v) is 11.9. The summed E-state index contributed by atoms with van der Waals surface area (Å²) in [4.78, 5) is 34.9. The monoisotopic (exact) mass is 444 g/mol. The molecule has 1 aromatic rings. The van der Waals surface area contributed by atoms with Gasteiger partial charge in [0.15, 0.2) is 0 Å². The van der Waals surface area contributed by atoms with E-state index in [1.807, 2.05) is 32.0 Å². The number of nitrogens with one attached hydrogen (secondary N) is 2. The summed E-state index contributed by atoms with van der Waals surface area (Å²) in [6.45, 7) is 6.13.